The molecule has 4 heteroatoms. The van der Waals surface area contributed by atoms with Crippen molar-refractivity contribution in [2.45, 2.75) is 38.5 Å². The minimum absolute atomic E-state index is 0.0411. The highest BCUT2D eigenvalue weighted by Gasteiger charge is 2.28. The van der Waals surface area contributed by atoms with E-state index in [9.17, 15) is 9.59 Å². The van der Waals surface area contributed by atoms with Crippen LogP contribution in [0.2, 0.25) is 0 Å². The van der Waals surface area contributed by atoms with E-state index in [4.69, 9.17) is 4.74 Å². The SMILES string of the molecule is O=C(OCC(=O)N1CCC(Cc2ccccc2)CC1)C1CCC1. The molecular weight excluding hydrogens is 290 g/mol. The van der Waals surface area contributed by atoms with Gasteiger partial charge in [-0.05, 0) is 43.6 Å². The Hall–Kier alpha value is -1.84. The van der Waals surface area contributed by atoms with E-state index in [0.717, 1.165) is 51.6 Å². The number of likely N-dealkylation sites (tertiary alicyclic amines) is 1. The Morgan fingerprint density at radius 1 is 1.04 bits per heavy atom. The summed E-state index contributed by atoms with van der Waals surface area (Å²) >= 11 is 0. The molecule has 1 saturated heterocycles. The van der Waals surface area contributed by atoms with Gasteiger partial charge < -0.3 is 9.64 Å². The van der Waals surface area contributed by atoms with Crippen molar-refractivity contribution in [1.29, 1.82) is 0 Å². The molecule has 1 aromatic rings. The lowest BCUT2D eigenvalue weighted by Gasteiger charge is -2.32. The number of nitrogens with zero attached hydrogens (tertiary/aromatic N) is 1. The summed E-state index contributed by atoms with van der Waals surface area (Å²) in [5, 5.41) is 0. The first kappa shape index (κ1) is 16.0. The Morgan fingerprint density at radius 2 is 1.74 bits per heavy atom. The van der Waals surface area contributed by atoms with Gasteiger partial charge in [0.1, 0.15) is 0 Å². The fraction of sp³-hybridized carbons (Fsp3) is 0.579. The van der Waals surface area contributed by atoms with Gasteiger partial charge >= 0.3 is 5.97 Å². The molecule has 0 spiro atoms. The molecule has 1 aliphatic heterocycles. The number of carbonyl (C=O) groups excluding carboxylic acids is 2. The van der Waals surface area contributed by atoms with Gasteiger partial charge in [-0.15, -0.1) is 0 Å². The van der Waals surface area contributed by atoms with Crippen LogP contribution in [0.3, 0.4) is 0 Å². The molecular formula is C19H25NO3. The predicted octanol–water partition coefficient (Wildman–Crippen LogP) is 2.81. The second kappa shape index (κ2) is 7.62. The van der Waals surface area contributed by atoms with Crippen molar-refractivity contribution in [2.75, 3.05) is 19.7 Å². The molecule has 0 atom stereocenters. The van der Waals surface area contributed by atoms with E-state index in [1.807, 2.05) is 11.0 Å². The maximum absolute atomic E-state index is 12.1. The van der Waals surface area contributed by atoms with Gasteiger partial charge in [-0.25, -0.2) is 0 Å². The highest BCUT2D eigenvalue weighted by molar-refractivity contribution is 5.81. The van der Waals surface area contributed by atoms with Crippen LogP contribution in [0.1, 0.15) is 37.7 Å². The summed E-state index contributed by atoms with van der Waals surface area (Å²) in [6, 6.07) is 10.5. The van der Waals surface area contributed by atoms with Crippen molar-refractivity contribution in [3.63, 3.8) is 0 Å². The first-order chi connectivity index (χ1) is 11.2. The van der Waals surface area contributed by atoms with Crippen LogP contribution in [0.4, 0.5) is 0 Å². The minimum atomic E-state index is -0.191. The zero-order valence-electron chi connectivity index (χ0n) is 13.6. The molecule has 1 aliphatic carbocycles. The Morgan fingerprint density at radius 3 is 2.35 bits per heavy atom. The number of piperidine rings is 1. The lowest BCUT2D eigenvalue weighted by Crippen LogP contribution is -2.41. The van der Waals surface area contributed by atoms with Crippen LogP contribution in [0, 0.1) is 11.8 Å². The van der Waals surface area contributed by atoms with Crippen LogP contribution in [-0.4, -0.2) is 36.5 Å². The van der Waals surface area contributed by atoms with E-state index in [0.29, 0.717) is 5.92 Å². The average molecular weight is 315 g/mol. The summed E-state index contributed by atoms with van der Waals surface area (Å²) in [4.78, 5) is 25.7. The molecule has 2 aliphatic rings. The van der Waals surface area contributed by atoms with Gasteiger partial charge in [-0.1, -0.05) is 36.8 Å². The lowest BCUT2D eigenvalue weighted by atomic mass is 9.86. The molecule has 0 radical (unpaired) electrons. The van der Waals surface area contributed by atoms with Crippen LogP contribution in [-0.2, 0) is 20.7 Å². The first-order valence-corrected chi connectivity index (χ1v) is 8.70. The normalized spacial score (nSPS) is 19.2. The number of rotatable bonds is 5. The number of amides is 1. The Balaban J connectivity index is 1.38. The Labute approximate surface area is 137 Å². The van der Waals surface area contributed by atoms with Gasteiger partial charge in [-0.3, -0.25) is 9.59 Å². The maximum Gasteiger partial charge on any atom is 0.309 e. The molecule has 23 heavy (non-hydrogen) atoms. The highest BCUT2D eigenvalue weighted by Crippen LogP contribution is 2.27. The summed E-state index contributed by atoms with van der Waals surface area (Å²) in [7, 11) is 0. The molecule has 2 fully saturated rings. The Kier molecular flexibility index (Phi) is 5.31. The number of ether oxygens (including phenoxy) is 1. The largest absolute Gasteiger partial charge is 0.455 e. The summed E-state index contributed by atoms with van der Waals surface area (Å²) in [6.07, 6.45) is 6.06. The quantitative estimate of drug-likeness (QED) is 0.785. The van der Waals surface area contributed by atoms with E-state index < -0.39 is 0 Å². The summed E-state index contributed by atoms with van der Waals surface area (Å²) in [5.74, 6) is 0.442. The smallest absolute Gasteiger partial charge is 0.309 e. The van der Waals surface area contributed by atoms with E-state index in [1.165, 1.54) is 5.56 Å². The van der Waals surface area contributed by atoms with Crippen molar-refractivity contribution < 1.29 is 14.3 Å². The van der Waals surface area contributed by atoms with Gasteiger partial charge in [-0.2, -0.15) is 0 Å². The Bertz CT molecular complexity index is 531. The van der Waals surface area contributed by atoms with Gasteiger partial charge in [0.2, 0.25) is 0 Å². The lowest BCUT2D eigenvalue weighted by molar-refractivity contribution is -0.158. The number of carbonyl (C=O) groups is 2. The number of benzene rings is 1. The van der Waals surface area contributed by atoms with Gasteiger partial charge in [0, 0.05) is 13.1 Å². The first-order valence-electron chi connectivity index (χ1n) is 8.70. The highest BCUT2D eigenvalue weighted by atomic mass is 16.5. The second-order valence-electron chi connectivity index (χ2n) is 6.75. The van der Waals surface area contributed by atoms with Gasteiger partial charge in [0.25, 0.3) is 5.91 Å². The van der Waals surface area contributed by atoms with Gasteiger partial charge in [0.15, 0.2) is 6.61 Å². The molecule has 3 rings (SSSR count). The van der Waals surface area contributed by atoms with E-state index in [-0.39, 0.29) is 24.4 Å². The molecule has 1 heterocycles. The van der Waals surface area contributed by atoms with Crippen molar-refractivity contribution in [3.05, 3.63) is 35.9 Å². The monoisotopic (exact) mass is 315 g/mol. The van der Waals surface area contributed by atoms with Crippen molar-refractivity contribution in [1.82, 2.24) is 4.90 Å². The fourth-order valence-electron chi connectivity index (χ4n) is 3.32. The van der Waals surface area contributed by atoms with Crippen LogP contribution in [0.5, 0.6) is 0 Å². The molecule has 124 valence electrons. The zero-order valence-corrected chi connectivity index (χ0v) is 13.6. The van der Waals surface area contributed by atoms with Crippen molar-refractivity contribution in [2.24, 2.45) is 11.8 Å². The van der Waals surface area contributed by atoms with Crippen LogP contribution in [0.25, 0.3) is 0 Å². The molecule has 4 nitrogen and oxygen atoms in total. The fourth-order valence-corrected chi connectivity index (χ4v) is 3.32. The van der Waals surface area contributed by atoms with Crippen LogP contribution >= 0.6 is 0 Å². The van der Waals surface area contributed by atoms with Crippen molar-refractivity contribution in [3.8, 4) is 0 Å². The summed E-state index contributed by atoms with van der Waals surface area (Å²) < 4.78 is 5.15. The third kappa shape index (κ3) is 4.34. The summed E-state index contributed by atoms with van der Waals surface area (Å²) in [5.41, 5.74) is 1.37. The standard InChI is InChI=1S/C19H25NO3/c21-18(14-23-19(22)17-7-4-8-17)20-11-9-16(10-12-20)13-15-5-2-1-3-6-15/h1-3,5-6,16-17H,4,7-14H2. The molecule has 0 unspecified atom stereocenters. The number of hydrogen-bond donors (Lipinski definition) is 0. The summed E-state index contributed by atoms with van der Waals surface area (Å²) in [6.45, 7) is 1.47. The predicted molar refractivity (Wildman–Crippen MR) is 87.8 cm³/mol. The number of hydrogen-bond acceptors (Lipinski definition) is 3. The van der Waals surface area contributed by atoms with Crippen LogP contribution < -0.4 is 0 Å². The molecule has 0 N–H and O–H groups in total. The third-order valence-electron chi connectivity index (χ3n) is 5.11. The van der Waals surface area contributed by atoms with E-state index >= 15 is 0 Å². The molecule has 0 bridgehead atoms. The second-order valence-corrected chi connectivity index (χ2v) is 6.75. The molecule has 0 aromatic heterocycles. The van der Waals surface area contributed by atoms with E-state index in [2.05, 4.69) is 24.3 Å². The van der Waals surface area contributed by atoms with E-state index in [1.54, 1.807) is 0 Å². The van der Waals surface area contributed by atoms with Gasteiger partial charge in [0.05, 0.1) is 5.92 Å². The molecule has 1 amide bonds. The van der Waals surface area contributed by atoms with Crippen molar-refractivity contribution >= 4 is 11.9 Å². The molecule has 1 aromatic carbocycles. The average Bonchev–Trinajstić information content (AvgIpc) is 2.53. The minimum Gasteiger partial charge on any atom is -0.455 e. The zero-order chi connectivity index (χ0) is 16.1. The molecule has 1 saturated carbocycles. The maximum atomic E-state index is 12.1. The third-order valence-corrected chi connectivity index (χ3v) is 5.11. The van der Waals surface area contributed by atoms with Crippen LogP contribution in [0.15, 0.2) is 30.3 Å². The number of esters is 1. The topological polar surface area (TPSA) is 46.6 Å².